The lowest BCUT2D eigenvalue weighted by atomic mass is 9.91. The molecular formula is C12H11FO. The minimum atomic E-state index is -0.215. The first-order chi connectivity index (χ1) is 6.79. The van der Waals surface area contributed by atoms with Crippen molar-refractivity contribution in [2.45, 2.75) is 19.3 Å². The molecule has 1 aliphatic rings. The van der Waals surface area contributed by atoms with Crippen molar-refractivity contribution in [1.82, 2.24) is 0 Å². The van der Waals surface area contributed by atoms with Gasteiger partial charge in [-0.1, -0.05) is 17.7 Å². The lowest BCUT2D eigenvalue weighted by molar-refractivity contribution is -0.107. The maximum Gasteiger partial charge on any atom is 0.124 e. The molecule has 0 atom stereocenters. The van der Waals surface area contributed by atoms with Crippen LogP contribution in [0.5, 0.6) is 0 Å². The number of aldehydes is 1. The molecule has 1 aliphatic carbocycles. The largest absolute Gasteiger partial charge is 0.303 e. The zero-order valence-corrected chi connectivity index (χ0v) is 7.79. The SMILES string of the molecule is O=CCC1=Cc2cc(F)ccc2CC1. The summed E-state index contributed by atoms with van der Waals surface area (Å²) < 4.78 is 12.9. The summed E-state index contributed by atoms with van der Waals surface area (Å²) in [5, 5.41) is 0. The highest BCUT2D eigenvalue weighted by molar-refractivity contribution is 5.65. The fraction of sp³-hybridized carbons (Fsp3) is 0.250. The number of hydrogen-bond donors (Lipinski definition) is 0. The zero-order chi connectivity index (χ0) is 9.97. The summed E-state index contributed by atoms with van der Waals surface area (Å²) in [4.78, 5) is 10.3. The summed E-state index contributed by atoms with van der Waals surface area (Å²) in [7, 11) is 0. The molecule has 1 aromatic carbocycles. The predicted molar refractivity (Wildman–Crippen MR) is 53.4 cm³/mol. The van der Waals surface area contributed by atoms with Gasteiger partial charge in [0.2, 0.25) is 0 Å². The van der Waals surface area contributed by atoms with E-state index in [1.165, 1.54) is 17.7 Å². The highest BCUT2D eigenvalue weighted by Crippen LogP contribution is 2.25. The van der Waals surface area contributed by atoms with Crippen molar-refractivity contribution >= 4 is 12.4 Å². The standard InChI is InChI=1S/C12H11FO/c13-12-4-3-10-2-1-9(5-6-14)7-11(10)8-12/h3-4,6-8H,1-2,5H2. The monoisotopic (exact) mass is 190 g/mol. The first kappa shape index (κ1) is 9.13. The molecule has 0 radical (unpaired) electrons. The Balaban J connectivity index is 2.36. The van der Waals surface area contributed by atoms with Crippen molar-refractivity contribution in [2.75, 3.05) is 0 Å². The average molecular weight is 190 g/mol. The third-order valence-electron chi connectivity index (χ3n) is 2.53. The van der Waals surface area contributed by atoms with Crippen LogP contribution >= 0.6 is 0 Å². The number of carbonyl (C=O) groups is 1. The van der Waals surface area contributed by atoms with Gasteiger partial charge in [-0.2, -0.15) is 0 Å². The summed E-state index contributed by atoms with van der Waals surface area (Å²) in [5.74, 6) is -0.215. The molecule has 0 aromatic heterocycles. The van der Waals surface area contributed by atoms with Crippen LogP contribution in [-0.2, 0) is 11.2 Å². The molecule has 0 saturated carbocycles. The summed E-state index contributed by atoms with van der Waals surface area (Å²) in [6.45, 7) is 0. The number of aryl methyl sites for hydroxylation is 1. The van der Waals surface area contributed by atoms with E-state index in [1.807, 2.05) is 12.1 Å². The first-order valence-corrected chi connectivity index (χ1v) is 4.71. The van der Waals surface area contributed by atoms with Gasteiger partial charge in [-0.15, -0.1) is 0 Å². The lowest BCUT2D eigenvalue weighted by Crippen LogP contribution is -2.00. The van der Waals surface area contributed by atoms with Crippen molar-refractivity contribution in [2.24, 2.45) is 0 Å². The molecule has 2 heteroatoms. The fourth-order valence-electron chi connectivity index (χ4n) is 1.78. The molecule has 0 unspecified atom stereocenters. The Bertz CT molecular complexity index is 393. The van der Waals surface area contributed by atoms with E-state index >= 15 is 0 Å². The van der Waals surface area contributed by atoms with E-state index in [0.29, 0.717) is 6.42 Å². The molecule has 0 bridgehead atoms. The van der Waals surface area contributed by atoms with E-state index in [0.717, 1.165) is 30.3 Å². The highest BCUT2D eigenvalue weighted by Gasteiger charge is 2.10. The van der Waals surface area contributed by atoms with Crippen LogP contribution in [0.2, 0.25) is 0 Å². The lowest BCUT2D eigenvalue weighted by Gasteiger charge is -2.14. The molecule has 72 valence electrons. The van der Waals surface area contributed by atoms with Crippen molar-refractivity contribution in [1.29, 1.82) is 0 Å². The van der Waals surface area contributed by atoms with Crippen LogP contribution < -0.4 is 0 Å². The Morgan fingerprint density at radius 3 is 3.00 bits per heavy atom. The van der Waals surface area contributed by atoms with Gasteiger partial charge in [0, 0.05) is 6.42 Å². The predicted octanol–water partition coefficient (Wildman–Crippen LogP) is 2.74. The Labute approximate surface area is 82.3 Å². The quantitative estimate of drug-likeness (QED) is 0.655. The van der Waals surface area contributed by atoms with E-state index in [1.54, 1.807) is 0 Å². The van der Waals surface area contributed by atoms with Crippen LogP contribution in [-0.4, -0.2) is 6.29 Å². The Morgan fingerprint density at radius 2 is 2.21 bits per heavy atom. The van der Waals surface area contributed by atoms with Crippen molar-refractivity contribution in [3.8, 4) is 0 Å². The molecular weight excluding hydrogens is 179 g/mol. The minimum absolute atomic E-state index is 0.215. The van der Waals surface area contributed by atoms with Gasteiger partial charge in [-0.05, 0) is 36.1 Å². The third kappa shape index (κ3) is 1.74. The minimum Gasteiger partial charge on any atom is -0.303 e. The number of benzene rings is 1. The van der Waals surface area contributed by atoms with Gasteiger partial charge in [0.25, 0.3) is 0 Å². The van der Waals surface area contributed by atoms with Crippen LogP contribution in [0.1, 0.15) is 24.0 Å². The molecule has 1 nitrogen and oxygen atoms in total. The molecule has 0 heterocycles. The molecule has 1 aromatic rings. The molecule has 14 heavy (non-hydrogen) atoms. The Kier molecular flexibility index (Phi) is 2.44. The number of allylic oxidation sites excluding steroid dienone is 1. The summed E-state index contributed by atoms with van der Waals surface area (Å²) in [6.07, 6.45) is 5.12. The normalized spacial score (nSPS) is 14.5. The van der Waals surface area contributed by atoms with Gasteiger partial charge in [0.1, 0.15) is 12.1 Å². The fourth-order valence-corrected chi connectivity index (χ4v) is 1.78. The van der Waals surface area contributed by atoms with Crippen molar-refractivity contribution in [3.05, 3.63) is 40.7 Å². The van der Waals surface area contributed by atoms with E-state index < -0.39 is 0 Å². The van der Waals surface area contributed by atoms with Crippen LogP contribution in [0.4, 0.5) is 4.39 Å². The van der Waals surface area contributed by atoms with Gasteiger partial charge in [0.05, 0.1) is 0 Å². The molecule has 0 amide bonds. The number of fused-ring (bicyclic) bond motifs is 1. The summed E-state index contributed by atoms with van der Waals surface area (Å²) in [6, 6.07) is 4.83. The molecule has 2 rings (SSSR count). The van der Waals surface area contributed by atoms with E-state index in [4.69, 9.17) is 0 Å². The Hall–Kier alpha value is -1.44. The topological polar surface area (TPSA) is 17.1 Å². The molecule has 0 aliphatic heterocycles. The number of carbonyl (C=O) groups excluding carboxylic acids is 1. The van der Waals surface area contributed by atoms with Crippen molar-refractivity contribution < 1.29 is 9.18 Å². The second-order valence-corrected chi connectivity index (χ2v) is 3.52. The zero-order valence-electron chi connectivity index (χ0n) is 7.79. The maximum atomic E-state index is 12.9. The van der Waals surface area contributed by atoms with Crippen LogP contribution in [0, 0.1) is 5.82 Å². The van der Waals surface area contributed by atoms with Crippen LogP contribution in [0.15, 0.2) is 23.8 Å². The second kappa shape index (κ2) is 3.74. The third-order valence-corrected chi connectivity index (χ3v) is 2.53. The smallest absolute Gasteiger partial charge is 0.124 e. The van der Waals surface area contributed by atoms with Gasteiger partial charge in [0.15, 0.2) is 0 Å². The molecule has 0 N–H and O–H groups in total. The number of rotatable bonds is 2. The second-order valence-electron chi connectivity index (χ2n) is 3.52. The first-order valence-electron chi connectivity index (χ1n) is 4.71. The number of hydrogen-bond acceptors (Lipinski definition) is 1. The van der Waals surface area contributed by atoms with Crippen LogP contribution in [0.3, 0.4) is 0 Å². The number of halogens is 1. The molecule has 0 spiro atoms. The average Bonchev–Trinajstić information content (AvgIpc) is 2.17. The van der Waals surface area contributed by atoms with Gasteiger partial charge in [-0.3, -0.25) is 0 Å². The highest BCUT2D eigenvalue weighted by atomic mass is 19.1. The van der Waals surface area contributed by atoms with E-state index in [9.17, 15) is 9.18 Å². The molecule has 0 fully saturated rings. The maximum absolute atomic E-state index is 12.9. The summed E-state index contributed by atoms with van der Waals surface area (Å²) in [5.41, 5.74) is 3.19. The Morgan fingerprint density at radius 1 is 1.36 bits per heavy atom. The van der Waals surface area contributed by atoms with Gasteiger partial charge >= 0.3 is 0 Å². The molecule has 0 saturated heterocycles. The van der Waals surface area contributed by atoms with E-state index in [2.05, 4.69) is 0 Å². The van der Waals surface area contributed by atoms with Gasteiger partial charge < -0.3 is 4.79 Å². The summed E-state index contributed by atoms with van der Waals surface area (Å²) >= 11 is 0. The van der Waals surface area contributed by atoms with Crippen LogP contribution in [0.25, 0.3) is 6.08 Å². The van der Waals surface area contributed by atoms with E-state index in [-0.39, 0.29) is 5.82 Å². The van der Waals surface area contributed by atoms with Gasteiger partial charge in [-0.25, -0.2) is 4.39 Å². The van der Waals surface area contributed by atoms with Crippen molar-refractivity contribution in [3.63, 3.8) is 0 Å².